The number of carbonyl (C=O) groups excluding carboxylic acids is 1. The van der Waals surface area contributed by atoms with Crippen LogP contribution in [0.2, 0.25) is 10.0 Å². The number of nitrogens with one attached hydrogen (secondary N) is 2. The summed E-state index contributed by atoms with van der Waals surface area (Å²) in [7, 11) is 3.08. The van der Waals surface area contributed by atoms with E-state index in [-0.39, 0.29) is 12.1 Å². The van der Waals surface area contributed by atoms with Crippen LogP contribution in [0.3, 0.4) is 0 Å². The molecule has 3 aromatic rings. The number of halogens is 2. The summed E-state index contributed by atoms with van der Waals surface area (Å²) in [4.78, 5) is 19.9. The van der Waals surface area contributed by atoms with Gasteiger partial charge in [-0.1, -0.05) is 29.3 Å². The molecule has 2 unspecified atom stereocenters. The molecule has 0 bridgehead atoms. The van der Waals surface area contributed by atoms with Crippen LogP contribution in [0, 0.1) is 0 Å². The zero-order valence-corrected chi connectivity index (χ0v) is 18.6. The van der Waals surface area contributed by atoms with Crippen molar-refractivity contribution in [3.05, 3.63) is 40.5 Å². The lowest BCUT2D eigenvalue weighted by Crippen LogP contribution is -2.39. The lowest BCUT2D eigenvalue weighted by Gasteiger charge is -2.20. The first-order valence-electron chi connectivity index (χ1n) is 9.89. The average Bonchev–Trinajstić information content (AvgIpc) is 3.21. The van der Waals surface area contributed by atoms with Crippen LogP contribution >= 0.6 is 23.2 Å². The van der Waals surface area contributed by atoms with E-state index in [2.05, 4.69) is 20.6 Å². The number of hydrogen-bond acceptors (Lipinski definition) is 6. The minimum atomic E-state index is 0.0894. The third kappa shape index (κ3) is 4.20. The number of carbonyl (C=O) groups is 1. The smallest absolute Gasteiger partial charge is 0.223 e. The summed E-state index contributed by atoms with van der Waals surface area (Å²) >= 11 is 13.1. The second kappa shape index (κ2) is 9.16. The lowest BCUT2D eigenvalue weighted by atomic mass is 10.0. The molecule has 31 heavy (non-hydrogen) atoms. The molecule has 1 aromatic heterocycles. The van der Waals surface area contributed by atoms with Crippen LogP contribution in [0.15, 0.2) is 30.5 Å². The van der Waals surface area contributed by atoms with Crippen molar-refractivity contribution < 1.29 is 14.3 Å². The second-order valence-corrected chi connectivity index (χ2v) is 8.08. The van der Waals surface area contributed by atoms with Gasteiger partial charge in [0.2, 0.25) is 12.4 Å². The monoisotopic (exact) mass is 460 g/mol. The number of methoxy groups -OCH3 is 2. The quantitative estimate of drug-likeness (QED) is 0.497. The largest absolute Gasteiger partial charge is 0.495 e. The molecule has 1 saturated carbocycles. The van der Waals surface area contributed by atoms with Crippen LogP contribution in [0.5, 0.6) is 11.5 Å². The van der Waals surface area contributed by atoms with E-state index in [9.17, 15) is 4.79 Å². The maximum absolute atomic E-state index is 10.8. The van der Waals surface area contributed by atoms with Gasteiger partial charge in [-0.3, -0.25) is 4.79 Å². The minimum absolute atomic E-state index is 0.0894. The summed E-state index contributed by atoms with van der Waals surface area (Å²) in [6, 6.07) is 7.59. The average molecular weight is 461 g/mol. The molecule has 9 heteroatoms. The molecule has 2 aromatic carbocycles. The predicted molar refractivity (Wildman–Crippen MR) is 122 cm³/mol. The number of benzene rings is 2. The van der Waals surface area contributed by atoms with Crippen LogP contribution in [0.4, 0.5) is 5.95 Å². The highest BCUT2D eigenvalue weighted by Crippen LogP contribution is 2.46. The van der Waals surface area contributed by atoms with Crippen molar-refractivity contribution in [2.45, 2.75) is 31.3 Å². The number of rotatable bonds is 7. The van der Waals surface area contributed by atoms with Gasteiger partial charge in [0.05, 0.1) is 29.8 Å². The van der Waals surface area contributed by atoms with Crippen LogP contribution < -0.4 is 20.1 Å². The van der Waals surface area contributed by atoms with Crippen molar-refractivity contribution in [2.75, 3.05) is 19.5 Å². The summed E-state index contributed by atoms with van der Waals surface area (Å²) in [5.41, 5.74) is 2.20. The molecular formula is C22H22Cl2N4O3. The summed E-state index contributed by atoms with van der Waals surface area (Å²) in [6.07, 6.45) is 5.45. The minimum Gasteiger partial charge on any atom is -0.495 e. The zero-order chi connectivity index (χ0) is 22.0. The Kier molecular flexibility index (Phi) is 6.34. The Balaban J connectivity index is 1.67. The van der Waals surface area contributed by atoms with Crippen LogP contribution in [0.1, 0.15) is 19.3 Å². The predicted octanol–water partition coefficient (Wildman–Crippen LogP) is 4.70. The second-order valence-electron chi connectivity index (χ2n) is 7.32. The molecule has 1 amide bonds. The van der Waals surface area contributed by atoms with E-state index >= 15 is 0 Å². The van der Waals surface area contributed by atoms with E-state index in [1.807, 2.05) is 18.2 Å². The molecule has 162 valence electrons. The molecular weight excluding hydrogens is 439 g/mol. The van der Waals surface area contributed by atoms with Crippen molar-refractivity contribution >= 4 is 46.5 Å². The Bertz CT molecular complexity index is 1100. The number of nitrogens with zero attached hydrogens (tertiary/aromatic N) is 2. The summed E-state index contributed by atoms with van der Waals surface area (Å²) in [5, 5.41) is 7.85. The van der Waals surface area contributed by atoms with Crippen LogP contribution in [-0.4, -0.2) is 42.7 Å². The van der Waals surface area contributed by atoms with Gasteiger partial charge in [0, 0.05) is 35.3 Å². The molecule has 1 aliphatic rings. The molecule has 0 aliphatic heterocycles. The van der Waals surface area contributed by atoms with Crippen LogP contribution in [-0.2, 0) is 4.79 Å². The molecule has 0 spiro atoms. The number of fused-ring (bicyclic) bond motifs is 1. The Labute approximate surface area is 190 Å². The number of aromatic nitrogens is 2. The third-order valence-electron chi connectivity index (χ3n) is 5.55. The van der Waals surface area contributed by atoms with Crippen molar-refractivity contribution in [1.29, 1.82) is 0 Å². The highest BCUT2D eigenvalue weighted by molar-refractivity contribution is 6.41. The number of hydrogen-bond donors (Lipinski definition) is 2. The van der Waals surface area contributed by atoms with Gasteiger partial charge in [-0.25, -0.2) is 9.97 Å². The Morgan fingerprint density at radius 1 is 1.06 bits per heavy atom. The molecule has 1 fully saturated rings. The Hall–Kier alpha value is -2.77. The van der Waals surface area contributed by atoms with E-state index in [4.69, 9.17) is 32.7 Å². The van der Waals surface area contributed by atoms with E-state index in [1.165, 1.54) is 0 Å². The van der Waals surface area contributed by atoms with Gasteiger partial charge >= 0.3 is 0 Å². The van der Waals surface area contributed by atoms with E-state index < -0.39 is 0 Å². The molecule has 2 atom stereocenters. The molecule has 1 aliphatic carbocycles. The molecule has 1 heterocycles. The normalized spacial score (nSPS) is 18.1. The molecule has 0 saturated heterocycles. The van der Waals surface area contributed by atoms with Gasteiger partial charge in [0.25, 0.3) is 0 Å². The van der Waals surface area contributed by atoms with Gasteiger partial charge in [0.1, 0.15) is 11.5 Å². The maximum atomic E-state index is 10.8. The van der Waals surface area contributed by atoms with Gasteiger partial charge in [-0.15, -0.1) is 0 Å². The highest BCUT2D eigenvalue weighted by atomic mass is 35.5. The first-order valence-corrected chi connectivity index (χ1v) is 10.6. The zero-order valence-electron chi connectivity index (χ0n) is 17.1. The summed E-state index contributed by atoms with van der Waals surface area (Å²) in [6.45, 7) is 0. The van der Waals surface area contributed by atoms with Crippen molar-refractivity contribution in [1.82, 2.24) is 15.3 Å². The number of ether oxygens (including phenoxy) is 2. The maximum Gasteiger partial charge on any atom is 0.223 e. The molecule has 2 N–H and O–H groups in total. The fraction of sp³-hybridized carbons (Fsp3) is 0.318. The molecule has 0 radical (unpaired) electrons. The van der Waals surface area contributed by atoms with E-state index in [0.717, 1.165) is 42.1 Å². The third-order valence-corrected chi connectivity index (χ3v) is 6.31. The van der Waals surface area contributed by atoms with E-state index in [1.54, 1.807) is 26.5 Å². The van der Waals surface area contributed by atoms with Crippen molar-refractivity contribution in [3.8, 4) is 22.6 Å². The van der Waals surface area contributed by atoms with Gasteiger partial charge in [-0.05, 0) is 37.0 Å². The fourth-order valence-electron chi connectivity index (χ4n) is 3.98. The number of anilines is 1. The van der Waals surface area contributed by atoms with Crippen molar-refractivity contribution in [3.63, 3.8) is 0 Å². The topological polar surface area (TPSA) is 85.4 Å². The lowest BCUT2D eigenvalue weighted by molar-refractivity contribution is -0.110. The summed E-state index contributed by atoms with van der Waals surface area (Å²) < 4.78 is 10.7. The van der Waals surface area contributed by atoms with Crippen molar-refractivity contribution in [2.24, 2.45) is 0 Å². The fourth-order valence-corrected chi connectivity index (χ4v) is 4.70. The Morgan fingerprint density at radius 3 is 2.45 bits per heavy atom. The van der Waals surface area contributed by atoms with E-state index in [0.29, 0.717) is 33.1 Å². The highest BCUT2D eigenvalue weighted by Gasteiger charge is 2.27. The first kappa shape index (κ1) is 21.5. The number of amides is 1. The van der Waals surface area contributed by atoms with Gasteiger partial charge in [-0.2, -0.15) is 0 Å². The summed E-state index contributed by atoms with van der Waals surface area (Å²) in [5.74, 6) is 1.48. The molecule has 7 nitrogen and oxygen atoms in total. The Morgan fingerprint density at radius 2 is 1.77 bits per heavy atom. The standard InChI is InChI=1S/C22H22Cl2N4O3/c1-30-17-9-18(31-2)21(24)19(20(17)23)12-6-7-14-13(8-12)10-25-22(27-14)28-16-5-3-4-15(16)26-11-29/h6-11,15-16H,3-5H2,1-2H3,(H,26,29)(H,25,27,28). The first-order chi connectivity index (χ1) is 15.0. The molecule has 4 rings (SSSR count). The van der Waals surface area contributed by atoms with Gasteiger partial charge < -0.3 is 20.1 Å². The van der Waals surface area contributed by atoms with Crippen LogP contribution in [0.25, 0.3) is 22.0 Å². The van der Waals surface area contributed by atoms with Gasteiger partial charge in [0.15, 0.2) is 0 Å². The SMILES string of the molecule is COc1cc(OC)c(Cl)c(-c2ccc3nc(NC4CCCC4NC=O)ncc3c2)c1Cl.